The molecule has 10 heteroatoms. The molecule has 1 aliphatic heterocycles. The summed E-state index contributed by atoms with van der Waals surface area (Å²) >= 11 is 0. The highest BCUT2D eigenvalue weighted by molar-refractivity contribution is 5.92. The molecule has 3 aromatic carbocycles. The summed E-state index contributed by atoms with van der Waals surface area (Å²) in [4.78, 5) is 31.1. The molecule has 4 aromatic rings. The number of aromatic nitrogens is 3. The zero-order chi connectivity index (χ0) is 26.6. The summed E-state index contributed by atoms with van der Waals surface area (Å²) in [6, 6.07) is 18.1. The predicted molar refractivity (Wildman–Crippen MR) is 134 cm³/mol. The van der Waals surface area contributed by atoms with Crippen LogP contribution in [0.4, 0.5) is 18.9 Å². The van der Waals surface area contributed by atoms with Crippen LogP contribution in [0.2, 0.25) is 0 Å². The molecule has 0 bridgehead atoms. The molecule has 1 N–H and O–H groups in total. The normalized spacial score (nSPS) is 13.9. The molecule has 5 rings (SSSR count). The van der Waals surface area contributed by atoms with E-state index in [0.717, 1.165) is 30.2 Å². The van der Waals surface area contributed by atoms with Gasteiger partial charge >= 0.3 is 0 Å². The molecule has 1 fully saturated rings. The molecule has 7 nitrogen and oxygen atoms in total. The molecule has 1 aromatic heterocycles. The van der Waals surface area contributed by atoms with E-state index >= 15 is 0 Å². The number of nitrogens with one attached hydrogen (secondary N) is 1. The standard InChI is InChI=1S/C28H24F3N5O2/c29-23-10-11-24(30)26(31)22(23)16-25(37)33-20-8-6-18(7-9-20)19-12-14-35(15-13-19)28(38)27-32-17-36(34-27)21-4-2-1-3-5-21/h1-11,17,19H,12-16H2,(H,33,37). The van der Waals surface area contributed by atoms with E-state index in [-0.39, 0.29) is 17.6 Å². The summed E-state index contributed by atoms with van der Waals surface area (Å²) in [5, 5.41) is 6.91. The van der Waals surface area contributed by atoms with Gasteiger partial charge in [0.1, 0.15) is 12.1 Å². The van der Waals surface area contributed by atoms with Crippen molar-refractivity contribution in [3.05, 3.63) is 107 Å². The van der Waals surface area contributed by atoms with Gasteiger partial charge in [-0.2, -0.15) is 0 Å². The minimum absolute atomic E-state index is 0.158. The number of amides is 2. The highest BCUT2D eigenvalue weighted by Crippen LogP contribution is 2.29. The number of halogens is 3. The first kappa shape index (κ1) is 25.2. The molecule has 1 aliphatic rings. The van der Waals surface area contributed by atoms with Crippen LogP contribution < -0.4 is 5.32 Å². The molecule has 0 saturated carbocycles. The lowest BCUT2D eigenvalue weighted by Crippen LogP contribution is -2.38. The van der Waals surface area contributed by atoms with Crippen molar-refractivity contribution in [2.75, 3.05) is 18.4 Å². The summed E-state index contributed by atoms with van der Waals surface area (Å²) in [5.74, 6) is -4.01. The lowest BCUT2D eigenvalue weighted by atomic mass is 9.89. The van der Waals surface area contributed by atoms with Gasteiger partial charge in [0.25, 0.3) is 5.91 Å². The minimum atomic E-state index is -1.36. The van der Waals surface area contributed by atoms with Crippen molar-refractivity contribution < 1.29 is 22.8 Å². The number of nitrogens with zero attached hydrogens (tertiary/aromatic N) is 4. The molecule has 194 valence electrons. The van der Waals surface area contributed by atoms with Gasteiger partial charge < -0.3 is 10.2 Å². The predicted octanol–water partition coefficient (Wildman–Crippen LogP) is 4.89. The number of carbonyl (C=O) groups excluding carboxylic acids is 2. The quantitative estimate of drug-likeness (QED) is 0.368. The van der Waals surface area contributed by atoms with Crippen molar-refractivity contribution >= 4 is 17.5 Å². The molecular formula is C28H24F3N5O2. The largest absolute Gasteiger partial charge is 0.336 e. The van der Waals surface area contributed by atoms with Crippen LogP contribution in [0.15, 0.2) is 73.1 Å². The minimum Gasteiger partial charge on any atom is -0.336 e. The van der Waals surface area contributed by atoms with E-state index in [1.807, 2.05) is 42.5 Å². The second-order valence-electron chi connectivity index (χ2n) is 9.08. The van der Waals surface area contributed by atoms with Gasteiger partial charge in [-0.15, -0.1) is 5.10 Å². The number of benzene rings is 3. The number of likely N-dealkylation sites (tertiary alicyclic amines) is 1. The third kappa shape index (κ3) is 5.44. The lowest BCUT2D eigenvalue weighted by molar-refractivity contribution is -0.115. The number of para-hydroxylation sites is 1. The Morgan fingerprint density at radius 2 is 1.58 bits per heavy atom. The Morgan fingerprint density at radius 3 is 2.29 bits per heavy atom. The Kier molecular flexibility index (Phi) is 7.21. The first-order valence-electron chi connectivity index (χ1n) is 12.2. The van der Waals surface area contributed by atoms with E-state index in [4.69, 9.17) is 0 Å². The van der Waals surface area contributed by atoms with Crippen LogP contribution in [0.5, 0.6) is 0 Å². The van der Waals surface area contributed by atoms with E-state index in [1.165, 1.54) is 6.33 Å². The average Bonchev–Trinajstić information content (AvgIpc) is 3.44. The molecule has 1 saturated heterocycles. The van der Waals surface area contributed by atoms with Crippen molar-refractivity contribution in [3.8, 4) is 5.69 Å². The monoisotopic (exact) mass is 519 g/mol. The van der Waals surface area contributed by atoms with Gasteiger partial charge in [0.15, 0.2) is 11.6 Å². The Morgan fingerprint density at radius 1 is 0.895 bits per heavy atom. The summed E-state index contributed by atoms with van der Waals surface area (Å²) in [5.41, 5.74) is 1.74. The highest BCUT2D eigenvalue weighted by atomic mass is 19.2. The van der Waals surface area contributed by atoms with Crippen molar-refractivity contribution in [2.24, 2.45) is 0 Å². The SMILES string of the molecule is O=C(Cc1c(F)ccc(F)c1F)Nc1ccc(C2CCN(C(=O)c3ncn(-c4ccccc4)n3)CC2)cc1. The van der Waals surface area contributed by atoms with Crippen molar-refractivity contribution in [3.63, 3.8) is 0 Å². The summed E-state index contributed by atoms with van der Waals surface area (Å²) in [6.07, 6.45) is 2.42. The number of anilines is 1. The van der Waals surface area contributed by atoms with Gasteiger partial charge in [0.05, 0.1) is 12.1 Å². The van der Waals surface area contributed by atoms with Crippen LogP contribution in [-0.4, -0.2) is 44.6 Å². The summed E-state index contributed by atoms with van der Waals surface area (Å²) < 4.78 is 42.6. The number of carbonyl (C=O) groups is 2. The van der Waals surface area contributed by atoms with Gasteiger partial charge in [-0.1, -0.05) is 30.3 Å². The second kappa shape index (κ2) is 10.9. The van der Waals surface area contributed by atoms with E-state index in [1.54, 1.807) is 21.7 Å². The van der Waals surface area contributed by atoms with Crippen molar-refractivity contribution in [1.29, 1.82) is 0 Å². The van der Waals surface area contributed by atoms with Gasteiger partial charge in [0.2, 0.25) is 11.7 Å². The first-order chi connectivity index (χ1) is 18.4. The molecule has 0 unspecified atom stereocenters. The fourth-order valence-electron chi connectivity index (χ4n) is 4.56. The first-order valence-corrected chi connectivity index (χ1v) is 12.2. The molecule has 0 spiro atoms. The molecule has 0 atom stereocenters. The van der Waals surface area contributed by atoms with Gasteiger partial charge in [-0.05, 0) is 60.7 Å². The molecule has 2 amide bonds. The van der Waals surface area contributed by atoms with Crippen LogP contribution in [0.3, 0.4) is 0 Å². The molecule has 2 heterocycles. The van der Waals surface area contributed by atoms with Crippen LogP contribution in [0.1, 0.15) is 40.5 Å². The van der Waals surface area contributed by atoms with Gasteiger partial charge in [-0.3, -0.25) is 9.59 Å². The third-order valence-electron chi connectivity index (χ3n) is 6.63. The van der Waals surface area contributed by atoms with E-state index < -0.39 is 35.3 Å². The average molecular weight is 520 g/mol. The second-order valence-corrected chi connectivity index (χ2v) is 9.08. The van der Waals surface area contributed by atoms with Crippen molar-refractivity contribution in [2.45, 2.75) is 25.2 Å². The number of rotatable bonds is 6. The zero-order valence-electron chi connectivity index (χ0n) is 20.3. The molecular weight excluding hydrogens is 495 g/mol. The maximum Gasteiger partial charge on any atom is 0.293 e. The fraction of sp³-hybridized carbons (Fsp3) is 0.214. The fourth-order valence-corrected chi connectivity index (χ4v) is 4.56. The lowest BCUT2D eigenvalue weighted by Gasteiger charge is -2.31. The zero-order valence-corrected chi connectivity index (χ0v) is 20.3. The van der Waals surface area contributed by atoms with Gasteiger partial charge in [-0.25, -0.2) is 22.8 Å². The number of hydrogen-bond acceptors (Lipinski definition) is 4. The maximum absolute atomic E-state index is 13.8. The number of piperidine rings is 1. The van der Waals surface area contributed by atoms with E-state index in [9.17, 15) is 22.8 Å². The topological polar surface area (TPSA) is 80.1 Å². The van der Waals surface area contributed by atoms with E-state index in [2.05, 4.69) is 15.4 Å². The van der Waals surface area contributed by atoms with Crippen LogP contribution >= 0.6 is 0 Å². The van der Waals surface area contributed by atoms with Crippen LogP contribution in [-0.2, 0) is 11.2 Å². The number of hydrogen-bond donors (Lipinski definition) is 1. The van der Waals surface area contributed by atoms with Gasteiger partial charge in [0, 0.05) is 24.3 Å². The summed E-state index contributed by atoms with van der Waals surface area (Å²) in [7, 11) is 0. The van der Waals surface area contributed by atoms with Crippen LogP contribution in [0.25, 0.3) is 5.69 Å². The Bertz CT molecular complexity index is 1450. The highest BCUT2D eigenvalue weighted by Gasteiger charge is 2.27. The third-order valence-corrected chi connectivity index (χ3v) is 6.63. The molecule has 38 heavy (non-hydrogen) atoms. The van der Waals surface area contributed by atoms with Crippen molar-refractivity contribution in [1.82, 2.24) is 19.7 Å². The van der Waals surface area contributed by atoms with E-state index in [0.29, 0.717) is 24.8 Å². The molecule has 0 aliphatic carbocycles. The smallest absolute Gasteiger partial charge is 0.293 e. The Balaban J connectivity index is 1.15. The Labute approximate surface area is 216 Å². The molecule has 0 radical (unpaired) electrons. The Hall–Kier alpha value is -4.47. The van der Waals surface area contributed by atoms with Crippen LogP contribution in [0, 0.1) is 17.5 Å². The summed E-state index contributed by atoms with van der Waals surface area (Å²) in [6.45, 7) is 1.12. The maximum atomic E-state index is 13.8.